The van der Waals surface area contributed by atoms with E-state index in [1.54, 1.807) is 0 Å². The van der Waals surface area contributed by atoms with Crippen LogP contribution in [0, 0.1) is 18.6 Å². The van der Waals surface area contributed by atoms with E-state index in [1.165, 1.54) is 27.7 Å². The highest BCUT2D eigenvalue weighted by atomic mass is 32.2. The third-order valence-electron chi connectivity index (χ3n) is 3.36. The summed E-state index contributed by atoms with van der Waals surface area (Å²) < 4.78 is 85.5. The SMILES string of the molecule is Cc1c(C(N[S@@](=O)C(C)(C)C)C(F)(F)F)oc2c(F)cc(F)cc12. The standard InChI is InChI=1S/C15H16F5NO2S/c1-7-9-5-8(16)6-10(17)12(9)23-11(7)13(15(18,19)20)21-24(22)14(2,3)4/h5-6,13,21H,1-4H3/t13?,24-/m0/s1. The first-order valence-electron chi connectivity index (χ1n) is 6.95. The molecule has 24 heavy (non-hydrogen) atoms. The second kappa shape index (κ2) is 6.11. The fraction of sp³-hybridized carbons (Fsp3) is 0.467. The molecule has 1 heterocycles. The molecule has 0 amide bonds. The molecule has 2 rings (SSSR count). The van der Waals surface area contributed by atoms with Crippen molar-refractivity contribution in [3.8, 4) is 0 Å². The Morgan fingerprint density at radius 3 is 2.25 bits per heavy atom. The Kier molecular flexibility index (Phi) is 4.80. The van der Waals surface area contributed by atoms with Crippen molar-refractivity contribution in [3.05, 3.63) is 35.1 Å². The summed E-state index contributed by atoms with van der Waals surface area (Å²) in [6.07, 6.45) is -4.84. The summed E-state index contributed by atoms with van der Waals surface area (Å²) in [5, 5.41) is -0.0971. The molecule has 0 radical (unpaired) electrons. The lowest BCUT2D eigenvalue weighted by Crippen LogP contribution is -2.41. The van der Waals surface area contributed by atoms with Crippen molar-refractivity contribution in [2.24, 2.45) is 0 Å². The predicted molar refractivity (Wildman–Crippen MR) is 80.7 cm³/mol. The normalized spacial score (nSPS) is 15.7. The van der Waals surface area contributed by atoms with Crippen molar-refractivity contribution in [1.29, 1.82) is 0 Å². The monoisotopic (exact) mass is 369 g/mol. The molecule has 0 aliphatic rings. The van der Waals surface area contributed by atoms with Crippen LogP contribution in [0.1, 0.15) is 38.1 Å². The molecule has 9 heteroatoms. The molecule has 1 aromatic carbocycles. The fourth-order valence-corrected chi connectivity index (χ4v) is 2.90. The smallest absolute Gasteiger partial charge is 0.411 e. The summed E-state index contributed by atoms with van der Waals surface area (Å²) in [7, 11) is -2.05. The van der Waals surface area contributed by atoms with E-state index in [1.807, 2.05) is 4.72 Å². The fourth-order valence-electron chi connectivity index (χ4n) is 2.09. The van der Waals surface area contributed by atoms with Crippen molar-refractivity contribution < 1.29 is 30.6 Å². The third kappa shape index (κ3) is 3.61. The van der Waals surface area contributed by atoms with E-state index in [0.717, 1.165) is 6.07 Å². The van der Waals surface area contributed by atoms with Crippen LogP contribution in [0.15, 0.2) is 16.5 Å². The molecule has 1 aromatic heterocycles. The number of hydrogen-bond acceptors (Lipinski definition) is 2. The van der Waals surface area contributed by atoms with E-state index in [2.05, 4.69) is 0 Å². The first-order chi connectivity index (χ1) is 10.8. The number of benzene rings is 1. The molecule has 1 unspecified atom stereocenters. The molecule has 3 nitrogen and oxygen atoms in total. The average Bonchev–Trinajstić information content (AvgIpc) is 2.71. The molecule has 0 spiro atoms. The van der Waals surface area contributed by atoms with Crippen LogP contribution in [0.2, 0.25) is 0 Å². The van der Waals surface area contributed by atoms with Gasteiger partial charge in [0.05, 0.1) is 15.7 Å². The summed E-state index contributed by atoms with van der Waals surface area (Å²) in [6.45, 7) is 5.78. The number of furan rings is 1. The van der Waals surface area contributed by atoms with Crippen LogP contribution in [0.3, 0.4) is 0 Å². The quantitative estimate of drug-likeness (QED) is 0.799. The minimum Gasteiger partial charge on any atom is -0.456 e. The van der Waals surface area contributed by atoms with Crippen molar-refractivity contribution in [2.75, 3.05) is 0 Å². The molecular formula is C15H16F5NO2S. The summed E-state index contributed by atoms with van der Waals surface area (Å²) >= 11 is 0. The van der Waals surface area contributed by atoms with Gasteiger partial charge in [-0.05, 0) is 33.8 Å². The Morgan fingerprint density at radius 1 is 1.17 bits per heavy atom. The highest BCUT2D eigenvalue weighted by molar-refractivity contribution is 7.84. The molecular weight excluding hydrogens is 353 g/mol. The maximum absolute atomic E-state index is 13.8. The van der Waals surface area contributed by atoms with Crippen molar-refractivity contribution in [2.45, 2.75) is 44.7 Å². The Morgan fingerprint density at radius 2 is 1.75 bits per heavy atom. The van der Waals surface area contributed by atoms with Gasteiger partial charge in [0.15, 0.2) is 17.4 Å². The van der Waals surface area contributed by atoms with Gasteiger partial charge in [-0.25, -0.2) is 17.7 Å². The van der Waals surface area contributed by atoms with Gasteiger partial charge < -0.3 is 4.42 Å². The maximum Gasteiger partial charge on any atom is 0.411 e. The van der Waals surface area contributed by atoms with Gasteiger partial charge in [0, 0.05) is 17.0 Å². The highest BCUT2D eigenvalue weighted by Crippen LogP contribution is 2.39. The molecule has 0 saturated carbocycles. The van der Waals surface area contributed by atoms with Crippen LogP contribution in [-0.4, -0.2) is 15.1 Å². The van der Waals surface area contributed by atoms with Crippen LogP contribution >= 0.6 is 0 Å². The maximum atomic E-state index is 13.8. The van der Waals surface area contributed by atoms with Gasteiger partial charge >= 0.3 is 6.18 Å². The lowest BCUT2D eigenvalue weighted by atomic mass is 10.1. The van der Waals surface area contributed by atoms with E-state index in [0.29, 0.717) is 6.07 Å². The Hall–Kier alpha value is -1.48. The van der Waals surface area contributed by atoms with Gasteiger partial charge in [-0.3, -0.25) is 0 Å². The summed E-state index contributed by atoms with van der Waals surface area (Å²) in [6, 6.07) is -0.986. The van der Waals surface area contributed by atoms with Crippen LogP contribution in [-0.2, 0) is 11.0 Å². The van der Waals surface area contributed by atoms with E-state index >= 15 is 0 Å². The topological polar surface area (TPSA) is 42.2 Å². The minimum absolute atomic E-state index is 0.0656. The summed E-state index contributed by atoms with van der Waals surface area (Å²) in [5.41, 5.74) is -0.536. The first kappa shape index (κ1) is 18.9. The molecule has 0 aliphatic heterocycles. The van der Waals surface area contributed by atoms with Crippen LogP contribution in [0.25, 0.3) is 11.0 Å². The second-order valence-electron chi connectivity index (χ2n) is 6.33. The number of rotatable bonds is 3. The molecule has 134 valence electrons. The van der Waals surface area contributed by atoms with Crippen molar-refractivity contribution in [1.82, 2.24) is 4.72 Å². The molecule has 0 aliphatic carbocycles. The third-order valence-corrected chi connectivity index (χ3v) is 4.93. The van der Waals surface area contributed by atoms with Gasteiger partial charge in [-0.1, -0.05) is 0 Å². The van der Waals surface area contributed by atoms with Crippen molar-refractivity contribution in [3.63, 3.8) is 0 Å². The molecule has 0 saturated heterocycles. The highest BCUT2D eigenvalue weighted by Gasteiger charge is 2.46. The van der Waals surface area contributed by atoms with Gasteiger partial charge in [0.2, 0.25) is 0 Å². The molecule has 0 fully saturated rings. The lowest BCUT2D eigenvalue weighted by Gasteiger charge is -2.25. The predicted octanol–water partition coefficient (Wildman–Crippen LogP) is 4.67. The zero-order valence-electron chi connectivity index (χ0n) is 13.3. The number of nitrogens with one attached hydrogen (secondary N) is 1. The molecule has 2 aromatic rings. The molecule has 1 N–H and O–H groups in total. The number of alkyl halides is 3. The number of aryl methyl sites for hydroxylation is 1. The van der Waals surface area contributed by atoms with Gasteiger partial charge in [-0.15, -0.1) is 0 Å². The van der Waals surface area contributed by atoms with E-state index in [4.69, 9.17) is 4.42 Å². The zero-order chi connectivity index (χ0) is 18.4. The van der Waals surface area contributed by atoms with Crippen LogP contribution in [0.4, 0.5) is 22.0 Å². The molecule has 0 bridgehead atoms. The lowest BCUT2D eigenvalue weighted by molar-refractivity contribution is -0.156. The van der Waals surface area contributed by atoms with E-state index < -0.39 is 50.9 Å². The van der Waals surface area contributed by atoms with E-state index in [-0.39, 0.29) is 10.9 Å². The van der Waals surface area contributed by atoms with Gasteiger partial charge in [-0.2, -0.15) is 13.2 Å². The average molecular weight is 369 g/mol. The van der Waals surface area contributed by atoms with E-state index in [9.17, 15) is 26.2 Å². The Bertz CT molecular complexity index is 792. The number of hydrogen-bond donors (Lipinski definition) is 1. The van der Waals surface area contributed by atoms with Gasteiger partial charge in [0.25, 0.3) is 0 Å². The first-order valence-corrected chi connectivity index (χ1v) is 8.10. The largest absolute Gasteiger partial charge is 0.456 e. The number of fused-ring (bicyclic) bond motifs is 1. The number of halogens is 5. The van der Waals surface area contributed by atoms with Gasteiger partial charge in [0.1, 0.15) is 11.6 Å². The Balaban J connectivity index is 2.59. The Labute approximate surface area is 137 Å². The van der Waals surface area contributed by atoms with Crippen LogP contribution < -0.4 is 4.72 Å². The van der Waals surface area contributed by atoms with Crippen molar-refractivity contribution >= 4 is 22.0 Å². The molecule has 2 atom stereocenters. The zero-order valence-corrected chi connectivity index (χ0v) is 14.2. The van der Waals surface area contributed by atoms with Crippen LogP contribution in [0.5, 0.6) is 0 Å². The summed E-state index contributed by atoms with van der Waals surface area (Å²) in [5.74, 6) is -2.66. The second-order valence-corrected chi connectivity index (χ2v) is 8.33. The minimum atomic E-state index is -4.84. The summed E-state index contributed by atoms with van der Waals surface area (Å²) in [4.78, 5) is 0.